The van der Waals surface area contributed by atoms with Crippen LogP contribution in [0.5, 0.6) is 11.5 Å². The number of benzene rings is 1. The molecule has 1 atom stereocenters. The van der Waals surface area contributed by atoms with Gasteiger partial charge in [-0.15, -0.1) is 11.8 Å². The Kier molecular flexibility index (Phi) is 4.18. The van der Waals surface area contributed by atoms with E-state index in [1.165, 1.54) is 12.0 Å². The molecule has 4 heteroatoms. The van der Waals surface area contributed by atoms with Gasteiger partial charge < -0.3 is 14.8 Å². The first-order valence-electron chi connectivity index (χ1n) is 5.81. The van der Waals surface area contributed by atoms with E-state index in [1.54, 1.807) is 26.0 Å². The van der Waals surface area contributed by atoms with Crippen molar-refractivity contribution >= 4 is 11.8 Å². The average molecular weight is 253 g/mol. The van der Waals surface area contributed by atoms with E-state index in [1.807, 2.05) is 6.07 Å². The molecule has 0 radical (unpaired) electrons. The molecular formula is C13H19NO2S. The summed E-state index contributed by atoms with van der Waals surface area (Å²) in [6.45, 7) is 2.13. The van der Waals surface area contributed by atoms with Gasteiger partial charge in [-0.2, -0.15) is 0 Å². The number of rotatable bonds is 4. The average Bonchev–Trinajstić information content (AvgIpc) is 2.90. The Balaban J connectivity index is 2.44. The molecule has 1 aromatic carbocycles. The topological polar surface area (TPSA) is 30.5 Å². The molecule has 2 rings (SSSR count). The lowest BCUT2D eigenvalue weighted by Gasteiger charge is -2.18. The van der Waals surface area contributed by atoms with Gasteiger partial charge in [0.05, 0.1) is 19.1 Å². The van der Waals surface area contributed by atoms with Crippen LogP contribution in [0.4, 0.5) is 0 Å². The van der Waals surface area contributed by atoms with Crippen LogP contribution < -0.4 is 14.8 Å². The fraction of sp³-hybridized carbons (Fsp3) is 0.538. The fourth-order valence-electron chi connectivity index (χ4n) is 2.37. The number of methoxy groups -OCH3 is 2. The maximum atomic E-state index is 5.59. The second kappa shape index (κ2) is 5.65. The normalized spacial score (nSPS) is 19.4. The standard InChI is InChI=1S/C13H19NO2S/c1-15-11-5-4-10(9-6-7-14-8-9)12(16-2)13(11)17-3/h4-5,9,14H,6-8H2,1-3H3. The Hall–Kier alpha value is -0.870. The van der Waals surface area contributed by atoms with Crippen LogP contribution in [0.2, 0.25) is 0 Å². The van der Waals surface area contributed by atoms with Crippen LogP contribution in [0.15, 0.2) is 17.0 Å². The van der Waals surface area contributed by atoms with Crippen molar-refractivity contribution in [2.45, 2.75) is 17.2 Å². The highest BCUT2D eigenvalue weighted by molar-refractivity contribution is 7.98. The molecule has 3 nitrogen and oxygen atoms in total. The third-order valence-corrected chi connectivity index (χ3v) is 4.03. The van der Waals surface area contributed by atoms with Crippen LogP contribution in [0, 0.1) is 0 Å². The van der Waals surface area contributed by atoms with Crippen molar-refractivity contribution in [3.8, 4) is 11.5 Å². The summed E-state index contributed by atoms with van der Waals surface area (Å²) < 4.78 is 11.0. The molecule has 0 spiro atoms. The van der Waals surface area contributed by atoms with E-state index in [-0.39, 0.29) is 0 Å². The van der Waals surface area contributed by atoms with Gasteiger partial charge in [0, 0.05) is 12.5 Å². The van der Waals surface area contributed by atoms with Gasteiger partial charge in [-0.25, -0.2) is 0 Å². The molecule has 94 valence electrons. The highest BCUT2D eigenvalue weighted by atomic mass is 32.2. The molecule has 0 amide bonds. The van der Waals surface area contributed by atoms with Gasteiger partial charge in [-0.05, 0) is 30.9 Å². The Morgan fingerprint density at radius 3 is 2.65 bits per heavy atom. The van der Waals surface area contributed by atoms with Crippen LogP contribution in [0.3, 0.4) is 0 Å². The Bertz CT molecular complexity index is 389. The summed E-state index contributed by atoms with van der Waals surface area (Å²) in [5, 5.41) is 3.39. The largest absolute Gasteiger partial charge is 0.495 e. The van der Waals surface area contributed by atoms with Gasteiger partial charge in [-0.1, -0.05) is 6.07 Å². The first-order valence-corrected chi connectivity index (χ1v) is 7.03. The van der Waals surface area contributed by atoms with Crippen molar-refractivity contribution in [1.82, 2.24) is 5.32 Å². The van der Waals surface area contributed by atoms with Crippen molar-refractivity contribution in [3.63, 3.8) is 0 Å². The van der Waals surface area contributed by atoms with Crippen LogP contribution in [0.25, 0.3) is 0 Å². The van der Waals surface area contributed by atoms with E-state index >= 15 is 0 Å². The summed E-state index contributed by atoms with van der Waals surface area (Å²) in [5.41, 5.74) is 1.29. The molecule has 0 aliphatic carbocycles. The van der Waals surface area contributed by atoms with Crippen LogP contribution in [-0.4, -0.2) is 33.6 Å². The summed E-state index contributed by atoms with van der Waals surface area (Å²) >= 11 is 1.67. The van der Waals surface area contributed by atoms with Gasteiger partial charge in [-0.3, -0.25) is 0 Å². The predicted molar refractivity (Wildman–Crippen MR) is 71.6 cm³/mol. The van der Waals surface area contributed by atoms with Crippen LogP contribution >= 0.6 is 11.8 Å². The molecule has 1 aromatic rings. The van der Waals surface area contributed by atoms with E-state index in [2.05, 4.69) is 17.6 Å². The van der Waals surface area contributed by atoms with Gasteiger partial charge in [0.25, 0.3) is 0 Å². The zero-order valence-electron chi connectivity index (χ0n) is 10.6. The SMILES string of the molecule is COc1ccc(C2CCNC2)c(OC)c1SC. The lowest BCUT2D eigenvalue weighted by Crippen LogP contribution is -2.09. The molecule has 1 heterocycles. The number of ether oxygens (including phenoxy) is 2. The second-order valence-corrected chi connectivity index (χ2v) is 4.93. The van der Waals surface area contributed by atoms with E-state index in [4.69, 9.17) is 9.47 Å². The van der Waals surface area contributed by atoms with E-state index in [0.717, 1.165) is 29.5 Å². The van der Waals surface area contributed by atoms with Crippen molar-refractivity contribution < 1.29 is 9.47 Å². The summed E-state index contributed by atoms with van der Waals surface area (Å²) in [6, 6.07) is 4.18. The summed E-state index contributed by atoms with van der Waals surface area (Å²) in [7, 11) is 3.44. The number of hydrogen-bond acceptors (Lipinski definition) is 4. The Morgan fingerprint density at radius 2 is 2.12 bits per heavy atom. The minimum Gasteiger partial charge on any atom is -0.495 e. The Labute approximate surface area is 107 Å². The van der Waals surface area contributed by atoms with Crippen LogP contribution in [-0.2, 0) is 0 Å². The van der Waals surface area contributed by atoms with Crippen molar-refractivity contribution in [1.29, 1.82) is 0 Å². The maximum absolute atomic E-state index is 5.59. The summed E-state index contributed by atoms with van der Waals surface area (Å²) in [5.74, 6) is 2.43. The minimum absolute atomic E-state index is 0.557. The molecule has 1 fully saturated rings. The molecule has 0 saturated carbocycles. The zero-order chi connectivity index (χ0) is 12.3. The van der Waals surface area contributed by atoms with Gasteiger partial charge in [0.2, 0.25) is 0 Å². The highest BCUT2D eigenvalue weighted by Gasteiger charge is 2.23. The van der Waals surface area contributed by atoms with E-state index in [0.29, 0.717) is 5.92 Å². The van der Waals surface area contributed by atoms with Crippen molar-refractivity contribution in [3.05, 3.63) is 17.7 Å². The molecule has 17 heavy (non-hydrogen) atoms. The predicted octanol–water partition coefficient (Wildman–Crippen LogP) is 2.50. The molecule has 1 aliphatic heterocycles. The quantitative estimate of drug-likeness (QED) is 0.835. The molecular weight excluding hydrogens is 234 g/mol. The summed E-state index contributed by atoms with van der Waals surface area (Å²) in [4.78, 5) is 1.10. The third-order valence-electron chi connectivity index (χ3n) is 3.23. The molecule has 1 aliphatic rings. The maximum Gasteiger partial charge on any atom is 0.139 e. The number of hydrogen-bond donors (Lipinski definition) is 1. The smallest absolute Gasteiger partial charge is 0.139 e. The molecule has 1 saturated heterocycles. The van der Waals surface area contributed by atoms with E-state index in [9.17, 15) is 0 Å². The first kappa shape index (κ1) is 12.6. The lowest BCUT2D eigenvalue weighted by molar-refractivity contribution is 0.371. The number of thioether (sulfide) groups is 1. The van der Waals surface area contributed by atoms with Crippen molar-refractivity contribution in [2.24, 2.45) is 0 Å². The number of nitrogens with one attached hydrogen (secondary N) is 1. The lowest BCUT2D eigenvalue weighted by atomic mass is 9.97. The van der Waals surface area contributed by atoms with Gasteiger partial charge in [0.15, 0.2) is 0 Å². The van der Waals surface area contributed by atoms with Crippen LogP contribution in [0.1, 0.15) is 17.9 Å². The van der Waals surface area contributed by atoms with E-state index < -0.39 is 0 Å². The highest BCUT2D eigenvalue weighted by Crippen LogP contribution is 2.42. The fourth-order valence-corrected chi connectivity index (χ4v) is 3.11. The van der Waals surface area contributed by atoms with Gasteiger partial charge >= 0.3 is 0 Å². The second-order valence-electron chi connectivity index (χ2n) is 4.11. The third kappa shape index (κ3) is 2.38. The summed E-state index contributed by atoms with van der Waals surface area (Å²) in [6.07, 6.45) is 3.23. The molecule has 1 unspecified atom stereocenters. The minimum atomic E-state index is 0.557. The molecule has 1 N–H and O–H groups in total. The van der Waals surface area contributed by atoms with Gasteiger partial charge in [0.1, 0.15) is 11.5 Å². The Morgan fingerprint density at radius 1 is 1.29 bits per heavy atom. The zero-order valence-corrected chi connectivity index (χ0v) is 11.4. The molecule has 0 bridgehead atoms. The van der Waals surface area contributed by atoms with Crippen molar-refractivity contribution in [2.75, 3.05) is 33.6 Å². The first-order chi connectivity index (χ1) is 8.31. The molecule has 0 aromatic heterocycles. The monoisotopic (exact) mass is 253 g/mol.